The highest BCUT2D eigenvalue weighted by molar-refractivity contribution is 6.82. The van der Waals surface area contributed by atoms with Crippen molar-refractivity contribution in [3.8, 4) is 0 Å². The third-order valence-corrected chi connectivity index (χ3v) is 8.82. The smallest absolute Gasteiger partial charge is 0.308 e. The summed E-state index contributed by atoms with van der Waals surface area (Å²) in [7, 11) is -1.53. The Labute approximate surface area is 105 Å². The second-order valence-electron chi connectivity index (χ2n) is 7.10. The lowest BCUT2D eigenvalue weighted by Gasteiger charge is -2.36. The fraction of sp³-hybridized carbons (Fsp3) is 0.786. The predicted molar refractivity (Wildman–Crippen MR) is 72.6 cm³/mol. The molecule has 1 saturated carbocycles. The standard InChI is InChI=1S/C14H24O2Si/c1-14(2,17(3,4)5)13(15)16-12-9-10-6-7-11(12)8-10/h6-7,10-12H,8-9H2,1-5H3. The van der Waals surface area contributed by atoms with Crippen LogP contribution in [-0.4, -0.2) is 20.1 Å². The highest BCUT2D eigenvalue weighted by Crippen LogP contribution is 2.44. The minimum absolute atomic E-state index is 0.0163. The van der Waals surface area contributed by atoms with E-state index in [1.807, 2.05) is 13.8 Å². The monoisotopic (exact) mass is 252 g/mol. The van der Waals surface area contributed by atoms with Gasteiger partial charge in [-0.1, -0.05) is 45.6 Å². The van der Waals surface area contributed by atoms with E-state index in [0.29, 0.717) is 11.8 Å². The number of ether oxygens (including phenoxy) is 1. The lowest BCUT2D eigenvalue weighted by molar-refractivity contribution is -0.153. The van der Waals surface area contributed by atoms with Crippen LogP contribution in [0.5, 0.6) is 0 Å². The summed E-state index contributed by atoms with van der Waals surface area (Å²) in [5.41, 5.74) is 0. The zero-order valence-electron chi connectivity index (χ0n) is 11.6. The maximum Gasteiger partial charge on any atom is 0.308 e. The van der Waals surface area contributed by atoms with Crippen LogP contribution in [-0.2, 0) is 9.53 Å². The molecule has 96 valence electrons. The number of rotatable bonds is 3. The summed E-state index contributed by atoms with van der Waals surface area (Å²) >= 11 is 0. The fourth-order valence-electron chi connectivity index (χ4n) is 2.46. The van der Waals surface area contributed by atoms with Gasteiger partial charge in [-0.15, -0.1) is 0 Å². The van der Waals surface area contributed by atoms with Gasteiger partial charge in [0, 0.05) is 5.92 Å². The number of fused-ring (bicyclic) bond motifs is 2. The average Bonchev–Trinajstić information content (AvgIpc) is 2.76. The Morgan fingerprint density at radius 2 is 1.88 bits per heavy atom. The molecule has 0 aromatic heterocycles. The highest BCUT2D eigenvalue weighted by atomic mass is 28.3. The molecule has 0 heterocycles. The molecule has 17 heavy (non-hydrogen) atoms. The zero-order valence-corrected chi connectivity index (χ0v) is 12.6. The van der Waals surface area contributed by atoms with E-state index in [9.17, 15) is 4.79 Å². The number of hydrogen-bond acceptors (Lipinski definition) is 2. The SMILES string of the molecule is CC(C)(C(=O)OC1CC2C=CC1C2)[Si](C)(C)C. The Morgan fingerprint density at radius 3 is 2.29 bits per heavy atom. The lowest BCUT2D eigenvalue weighted by Crippen LogP contribution is -2.43. The number of carbonyl (C=O) groups excluding carboxylic acids is 1. The summed E-state index contributed by atoms with van der Waals surface area (Å²) < 4.78 is 5.78. The summed E-state index contributed by atoms with van der Waals surface area (Å²) in [6, 6.07) is 0. The first-order chi connectivity index (χ1) is 7.72. The molecule has 0 aromatic rings. The first kappa shape index (κ1) is 12.9. The molecule has 0 aromatic carbocycles. The molecule has 2 aliphatic carbocycles. The van der Waals surface area contributed by atoms with Crippen molar-refractivity contribution in [2.75, 3.05) is 0 Å². The summed E-state index contributed by atoms with van der Waals surface area (Å²) in [4.78, 5) is 12.3. The van der Waals surface area contributed by atoms with Crippen molar-refractivity contribution in [3.63, 3.8) is 0 Å². The molecular formula is C14H24O2Si. The quantitative estimate of drug-likeness (QED) is 0.436. The maximum atomic E-state index is 12.3. The molecule has 2 bridgehead atoms. The molecule has 0 N–H and O–H groups in total. The van der Waals surface area contributed by atoms with Gasteiger partial charge in [-0.05, 0) is 18.8 Å². The van der Waals surface area contributed by atoms with Crippen LogP contribution < -0.4 is 0 Å². The molecule has 3 heteroatoms. The number of hydrogen-bond donors (Lipinski definition) is 0. The van der Waals surface area contributed by atoms with Gasteiger partial charge in [-0.2, -0.15) is 0 Å². The van der Waals surface area contributed by atoms with E-state index in [2.05, 4.69) is 31.8 Å². The second-order valence-corrected chi connectivity index (χ2v) is 12.8. The van der Waals surface area contributed by atoms with E-state index >= 15 is 0 Å². The van der Waals surface area contributed by atoms with Crippen molar-refractivity contribution < 1.29 is 9.53 Å². The molecule has 3 unspecified atom stereocenters. The fourth-order valence-corrected chi connectivity index (χ4v) is 3.13. The second kappa shape index (κ2) is 3.97. The predicted octanol–water partition coefficient (Wildman–Crippen LogP) is 3.61. The molecule has 3 atom stereocenters. The van der Waals surface area contributed by atoms with Crippen molar-refractivity contribution in [2.45, 2.75) is 57.5 Å². The van der Waals surface area contributed by atoms with Gasteiger partial charge in [-0.3, -0.25) is 4.79 Å². The van der Waals surface area contributed by atoms with Gasteiger partial charge in [0.2, 0.25) is 0 Å². The van der Waals surface area contributed by atoms with Crippen LogP contribution in [0.1, 0.15) is 26.7 Å². The van der Waals surface area contributed by atoms with E-state index in [1.54, 1.807) is 0 Å². The van der Waals surface area contributed by atoms with Gasteiger partial charge in [0.15, 0.2) is 0 Å². The van der Waals surface area contributed by atoms with Crippen LogP contribution in [0.25, 0.3) is 0 Å². The molecule has 0 aliphatic heterocycles. The van der Waals surface area contributed by atoms with Crippen molar-refractivity contribution in [1.82, 2.24) is 0 Å². The van der Waals surface area contributed by atoms with Gasteiger partial charge in [0.25, 0.3) is 0 Å². The van der Waals surface area contributed by atoms with Gasteiger partial charge in [0.1, 0.15) is 6.10 Å². The molecule has 2 nitrogen and oxygen atoms in total. The van der Waals surface area contributed by atoms with Crippen LogP contribution in [0.4, 0.5) is 0 Å². The minimum atomic E-state index is -1.53. The minimum Gasteiger partial charge on any atom is -0.462 e. The van der Waals surface area contributed by atoms with Gasteiger partial charge < -0.3 is 4.74 Å². The summed E-state index contributed by atoms with van der Waals surface area (Å²) in [6.45, 7) is 10.8. The van der Waals surface area contributed by atoms with E-state index in [4.69, 9.17) is 4.74 Å². The topological polar surface area (TPSA) is 26.3 Å². The maximum absolute atomic E-state index is 12.3. The summed E-state index contributed by atoms with van der Waals surface area (Å²) in [5.74, 6) is 1.16. The summed E-state index contributed by atoms with van der Waals surface area (Å²) in [6.07, 6.45) is 6.87. The molecule has 2 aliphatic rings. The lowest BCUT2D eigenvalue weighted by atomic mass is 10.0. The van der Waals surface area contributed by atoms with Crippen molar-refractivity contribution in [3.05, 3.63) is 12.2 Å². The van der Waals surface area contributed by atoms with E-state index in [1.165, 1.54) is 6.42 Å². The first-order valence-corrected chi connectivity index (χ1v) is 10.1. The Bertz CT molecular complexity index is 352. The van der Waals surface area contributed by atoms with E-state index < -0.39 is 8.07 Å². The highest BCUT2D eigenvalue weighted by Gasteiger charge is 2.46. The zero-order chi connectivity index (χ0) is 12.8. The Morgan fingerprint density at radius 1 is 1.24 bits per heavy atom. The van der Waals surface area contributed by atoms with Gasteiger partial charge in [0.05, 0.1) is 13.1 Å². The molecule has 0 spiro atoms. The van der Waals surface area contributed by atoms with Gasteiger partial charge in [-0.25, -0.2) is 0 Å². The average molecular weight is 252 g/mol. The molecule has 0 radical (unpaired) electrons. The molecule has 0 amide bonds. The largest absolute Gasteiger partial charge is 0.462 e. The normalized spacial score (nSPS) is 31.9. The molecule has 2 rings (SSSR count). The van der Waals surface area contributed by atoms with E-state index in [0.717, 1.165) is 6.42 Å². The van der Waals surface area contributed by atoms with Gasteiger partial charge >= 0.3 is 5.97 Å². The Kier molecular flexibility index (Phi) is 3.01. The number of esters is 1. The Balaban J connectivity index is 2.01. The molecule has 0 saturated heterocycles. The van der Waals surface area contributed by atoms with Crippen LogP contribution in [0.3, 0.4) is 0 Å². The number of allylic oxidation sites excluding steroid dienone is 1. The van der Waals surface area contributed by atoms with Crippen molar-refractivity contribution in [2.24, 2.45) is 11.8 Å². The van der Waals surface area contributed by atoms with E-state index in [-0.39, 0.29) is 17.1 Å². The van der Waals surface area contributed by atoms with Crippen LogP contribution >= 0.6 is 0 Å². The summed E-state index contributed by atoms with van der Waals surface area (Å²) in [5, 5.41) is -0.293. The first-order valence-electron chi connectivity index (χ1n) is 6.61. The van der Waals surface area contributed by atoms with Crippen LogP contribution in [0.15, 0.2) is 12.2 Å². The van der Waals surface area contributed by atoms with Crippen molar-refractivity contribution >= 4 is 14.0 Å². The third-order valence-electron chi connectivity index (χ3n) is 4.86. The van der Waals surface area contributed by atoms with Crippen LogP contribution in [0, 0.1) is 11.8 Å². The molecule has 1 fully saturated rings. The Hall–Kier alpha value is -0.573. The van der Waals surface area contributed by atoms with Crippen molar-refractivity contribution in [1.29, 1.82) is 0 Å². The molecular weight excluding hydrogens is 228 g/mol. The number of carbonyl (C=O) groups is 1. The third kappa shape index (κ3) is 2.22. The van der Waals surface area contributed by atoms with Crippen LogP contribution in [0.2, 0.25) is 24.7 Å².